The van der Waals surface area contributed by atoms with E-state index in [-0.39, 0.29) is 16.7 Å². The highest BCUT2D eigenvalue weighted by Crippen LogP contribution is 2.28. The lowest BCUT2D eigenvalue weighted by molar-refractivity contribution is -0.385. The average molecular weight is 302 g/mol. The van der Waals surface area contributed by atoms with Gasteiger partial charge in [-0.25, -0.2) is 4.98 Å². The molecule has 7 heteroatoms. The Bertz CT molecular complexity index is 689. The number of hydrogen-bond donors (Lipinski definition) is 1. The SMILES string of the molecule is CC(C)(CNc1ncc([N+](=O)[O-])cc1C#N)c1cccs1. The first-order valence-corrected chi connectivity index (χ1v) is 7.14. The van der Waals surface area contributed by atoms with Gasteiger partial charge in [-0.2, -0.15) is 5.26 Å². The molecule has 108 valence electrons. The Morgan fingerprint density at radius 2 is 2.33 bits per heavy atom. The normalized spacial score (nSPS) is 10.9. The summed E-state index contributed by atoms with van der Waals surface area (Å²) in [7, 11) is 0. The number of hydrogen-bond acceptors (Lipinski definition) is 6. The van der Waals surface area contributed by atoms with Crippen molar-refractivity contribution >= 4 is 22.8 Å². The number of nitrogens with one attached hydrogen (secondary N) is 1. The van der Waals surface area contributed by atoms with Gasteiger partial charge in [-0.3, -0.25) is 10.1 Å². The second-order valence-corrected chi connectivity index (χ2v) is 6.12. The van der Waals surface area contributed by atoms with Crippen LogP contribution in [-0.4, -0.2) is 16.5 Å². The first-order chi connectivity index (χ1) is 9.94. The lowest BCUT2D eigenvalue weighted by Crippen LogP contribution is -2.27. The van der Waals surface area contributed by atoms with E-state index in [9.17, 15) is 10.1 Å². The van der Waals surface area contributed by atoms with Crippen molar-refractivity contribution in [1.29, 1.82) is 5.26 Å². The Balaban J connectivity index is 2.17. The minimum Gasteiger partial charge on any atom is -0.368 e. The van der Waals surface area contributed by atoms with Gasteiger partial charge in [0.05, 0.1) is 4.92 Å². The van der Waals surface area contributed by atoms with E-state index in [1.165, 1.54) is 10.9 Å². The van der Waals surface area contributed by atoms with Gasteiger partial charge in [0.25, 0.3) is 5.69 Å². The molecule has 0 bridgehead atoms. The maximum atomic E-state index is 10.7. The number of nitrogens with zero attached hydrogens (tertiary/aromatic N) is 3. The van der Waals surface area contributed by atoms with E-state index < -0.39 is 4.92 Å². The maximum absolute atomic E-state index is 10.7. The Hall–Kier alpha value is -2.46. The van der Waals surface area contributed by atoms with E-state index >= 15 is 0 Å². The summed E-state index contributed by atoms with van der Waals surface area (Å²) >= 11 is 1.67. The minimum absolute atomic E-state index is 0.121. The third-order valence-corrected chi connectivity index (χ3v) is 4.33. The van der Waals surface area contributed by atoms with Gasteiger partial charge in [0, 0.05) is 22.9 Å². The number of nitriles is 1. The molecule has 0 unspecified atom stereocenters. The molecule has 0 amide bonds. The van der Waals surface area contributed by atoms with E-state index in [0.717, 1.165) is 6.20 Å². The number of anilines is 1. The van der Waals surface area contributed by atoms with Crippen LogP contribution in [0.25, 0.3) is 0 Å². The monoisotopic (exact) mass is 302 g/mol. The summed E-state index contributed by atoms with van der Waals surface area (Å²) in [5.74, 6) is 0.368. The lowest BCUT2D eigenvalue weighted by atomic mass is 9.91. The van der Waals surface area contributed by atoms with Crippen molar-refractivity contribution in [3.8, 4) is 6.07 Å². The first-order valence-electron chi connectivity index (χ1n) is 6.26. The summed E-state index contributed by atoms with van der Waals surface area (Å²) in [4.78, 5) is 15.3. The highest BCUT2D eigenvalue weighted by Gasteiger charge is 2.22. The molecule has 2 aromatic rings. The number of aromatic nitrogens is 1. The Morgan fingerprint density at radius 3 is 2.90 bits per heavy atom. The van der Waals surface area contributed by atoms with Gasteiger partial charge in [0.1, 0.15) is 23.6 Å². The fraction of sp³-hybridized carbons (Fsp3) is 0.286. The van der Waals surface area contributed by atoms with E-state index in [1.807, 2.05) is 17.5 Å². The molecule has 0 radical (unpaired) electrons. The Kier molecular flexibility index (Phi) is 4.19. The summed E-state index contributed by atoms with van der Waals surface area (Å²) in [6.07, 6.45) is 1.15. The van der Waals surface area contributed by atoms with Crippen molar-refractivity contribution in [1.82, 2.24) is 4.98 Å². The fourth-order valence-corrected chi connectivity index (χ4v) is 2.69. The van der Waals surface area contributed by atoms with Crippen LogP contribution in [-0.2, 0) is 5.41 Å². The van der Waals surface area contributed by atoms with Crippen LogP contribution < -0.4 is 5.32 Å². The van der Waals surface area contributed by atoms with Gasteiger partial charge in [-0.05, 0) is 11.4 Å². The smallest absolute Gasteiger partial charge is 0.289 e. The van der Waals surface area contributed by atoms with Crippen molar-refractivity contribution < 1.29 is 4.92 Å². The summed E-state index contributed by atoms with van der Waals surface area (Å²) in [5, 5.41) is 24.9. The molecule has 2 aromatic heterocycles. The van der Waals surface area contributed by atoms with Crippen molar-refractivity contribution in [3.05, 3.63) is 50.3 Å². The standard InChI is InChI=1S/C14H14N4O2S/c1-14(2,12-4-3-5-21-12)9-17-13-10(7-15)6-11(8-16-13)18(19)20/h3-6,8H,9H2,1-2H3,(H,16,17). The van der Waals surface area contributed by atoms with Crippen molar-refractivity contribution in [3.63, 3.8) is 0 Å². The van der Waals surface area contributed by atoms with Gasteiger partial charge in [0.15, 0.2) is 0 Å². The molecular weight excluding hydrogens is 288 g/mol. The van der Waals surface area contributed by atoms with Gasteiger partial charge < -0.3 is 5.32 Å². The molecule has 21 heavy (non-hydrogen) atoms. The molecule has 0 saturated heterocycles. The third-order valence-electron chi connectivity index (χ3n) is 3.09. The van der Waals surface area contributed by atoms with Gasteiger partial charge >= 0.3 is 0 Å². The van der Waals surface area contributed by atoms with Crippen LogP contribution in [0.4, 0.5) is 11.5 Å². The number of rotatable bonds is 5. The summed E-state index contributed by atoms with van der Waals surface area (Å²) in [5.41, 5.74) is -0.134. The number of pyridine rings is 1. The molecule has 0 atom stereocenters. The highest BCUT2D eigenvalue weighted by molar-refractivity contribution is 7.10. The van der Waals surface area contributed by atoms with Crippen LogP contribution >= 0.6 is 11.3 Å². The van der Waals surface area contributed by atoms with Gasteiger partial charge in [-0.1, -0.05) is 19.9 Å². The van der Waals surface area contributed by atoms with Crippen LogP contribution in [0.15, 0.2) is 29.8 Å². The summed E-state index contributed by atoms with van der Waals surface area (Å²) in [6.45, 7) is 4.75. The zero-order valence-corrected chi connectivity index (χ0v) is 12.5. The molecular formula is C14H14N4O2S. The zero-order valence-electron chi connectivity index (χ0n) is 11.7. The molecule has 6 nitrogen and oxygen atoms in total. The average Bonchev–Trinajstić information content (AvgIpc) is 3.00. The summed E-state index contributed by atoms with van der Waals surface area (Å²) in [6, 6.07) is 7.21. The zero-order chi connectivity index (χ0) is 15.5. The van der Waals surface area contributed by atoms with Gasteiger partial charge in [-0.15, -0.1) is 11.3 Å². The molecule has 0 aliphatic heterocycles. The van der Waals surface area contributed by atoms with Crippen LogP contribution in [0.2, 0.25) is 0 Å². The van der Waals surface area contributed by atoms with Crippen LogP contribution in [0, 0.1) is 21.4 Å². The predicted octanol–water partition coefficient (Wildman–Crippen LogP) is 3.31. The first kappa shape index (κ1) is 14.9. The van der Waals surface area contributed by atoms with E-state index in [2.05, 4.69) is 30.2 Å². The topological polar surface area (TPSA) is 91.8 Å². The van der Waals surface area contributed by atoms with Crippen molar-refractivity contribution in [2.24, 2.45) is 0 Å². The molecule has 0 fully saturated rings. The fourth-order valence-electron chi connectivity index (χ4n) is 1.84. The van der Waals surface area contributed by atoms with Crippen LogP contribution in [0.5, 0.6) is 0 Å². The molecule has 0 aliphatic rings. The van der Waals surface area contributed by atoms with E-state index in [4.69, 9.17) is 5.26 Å². The number of nitro groups is 1. The molecule has 0 saturated carbocycles. The Labute approximate surface area is 126 Å². The Morgan fingerprint density at radius 1 is 1.57 bits per heavy atom. The minimum atomic E-state index is -0.562. The van der Waals surface area contributed by atoms with Crippen LogP contribution in [0.1, 0.15) is 24.3 Å². The van der Waals surface area contributed by atoms with Gasteiger partial charge in [0.2, 0.25) is 0 Å². The molecule has 2 heterocycles. The third kappa shape index (κ3) is 3.35. The largest absolute Gasteiger partial charge is 0.368 e. The maximum Gasteiger partial charge on any atom is 0.289 e. The lowest BCUT2D eigenvalue weighted by Gasteiger charge is -2.24. The van der Waals surface area contributed by atoms with Crippen molar-refractivity contribution in [2.45, 2.75) is 19.3 Å². The second kappa shape index (κ2) is 5.89. The predicted molar refractivity (Wildman–Crippen MR) is 81.4 cm³/mol. The second-order valence-electron chi connectivity index (χ2n) is 5.17. The van der Waals surface area contributed by atoms with Crippen molar-refractivity contribution in [2.75, 3.05) is 11.9 Å². The molecule has 0 aliphatic carbocycles. The summed E-state index contributed by atoms with van der Waals surface area (Å²) < 4.78 is 0. The highest BCUT2D eigenvalue weighted by atomic mass is 32.1. The van der Waals surface area contributed by atoms with Crippen LogP contribution in [0.3, 0.4) is 0 Å². The quantitative estimate of drug-likeness (QED) is 0.675. The molecule has 0 aromatic carbocycles. The van der Waals surface area contributed by atoms with E-state index in [0.29, 0.717) is 12.4 Å². The van der Waals surface area contributed by atoms with E-state index in [1.54, 1.807) is 11.3 Å². The number of thiophene rings is 1. The molecule has 1 N–H and O–H groups in total. The molecule has 0 spiro atoms. The molecule has 2 rings (SSSR count).